The molecule has 53 heavy (non-hydrogen) atoms. The van der Waals surface area contributed by atoms with E-state index in [0.29, 0.717) is 164 Å². The first-order valence-corrected chi connectivity index (χ1v) is 18.0. The van der Waals surface area contributed by atoms with Gasteiger partial charge in [-0.3, -0.25) is 10.1 Å². The minimum atomic E-state index is -0.518. The van der Waals surface area contributed by atoms with Crippen LogP contribution in [-0.4, -0.2) is 175 Å². The third-order valence-corrected chi connectivity index (χ3v) is 6.18. The second-order valence-corrected chi connectivity index (χ2v) is 11.8. The summed E-state index contributed by atoms with van der Waals surface area (Å²) in [5.41, 5.74) is -0.497. The molecule has 0 saturated heterocycles. The Labute approximate surface area is 313 Å². The summed E-state index contributed by atoms with van der Waals surface area (Å²) in [5.74, 6) is 0.551. The molecule has 0 heterocycles. The van der Waals surface area contributed by atoms with Gasteiger partial charge in [0.1, 0.15) is 18.0 Å². The molecule has 0 saturated carbocycles. The van der Waals surface area contributed by atoms with E-state index >= 15 is 0 Å². The van der Waals surface area contributed by atoms with Crippen molar-refractivity contribution in [1.82, 2.24) is 5.32 Å². The average molecular weight is 767 g/mol. The highest BCUT2D eigenvalue weighted by Gasteiger charge is 2.15. The number of rotatable bonds is 38. The molecule has 0 aliphatic carbocycles. The molecule has 308 valence electrons. The van der Waals surface area contributed by atoms with Crippen molar-refractivity contribution in [3.63, 3.8) is 0 Å². The predicted molar refractivity (Wildman–Crippen MR) is 192 cm³/mol. The smallest absolute Gasteiger partial charge is 0.407 e. The van der Waals surface area contributed by atoms with Crippen molar-refractivity contribution in [2.45, 2.75) is 26.4 Å². The number of nitrogens with one attached hydrogen (secondary N) is 1. The van der Waals surface area contributed by atoms with Gasteiger partial charge in [-0.05, 0) is 32.9 Å². The number of carbonyl (C=O) groups excluding carboxylic acids is 1. The van der Waals surface area contributed by atoms with Gasteiger partial charge < -0.3 is 66.9 Å². The first-order valence-electron chi connectivity index (χ1n) is 18.0. The van der Waals surface area contributed by atoms with Gasteiger partial charge in [-0.1, -0.05) is 0 Å². The number of nitro benzene ring substituents is 1. The number of nitrogens with zero attached hydrogens (tertiary/aromatic N) is 1. The van der Waals surface area contributed by atoms with Gasteiger partial charge in [-0.2, -0.15) is 0 Å². The van der Waals surface area contributed by atoms with Crippen LogP contribution in [0, 0.1) is 10.1 Å². The Bertz CT molecular complexity index is 984. The average Bonchev–Trinajstić information content (AvgIpc) is 3.12. The van der Waals surface area contributed by atoms with Crippen LogP contribution in [-0.2, 0) is 56.8 Å². The molecule has 0 aliphatic heterocycles. The summed E-state index contributed by atoms with van der Waals surface area (Å²) in [6, 6.07) is 5.90. The van der Waals surface area contributed by atoms with Gasteiger partial charge in [-0.25, -0.2) is 4.79 Å². The van der Waals surface area contributed by atoms with Crippen molar-refractivity contribution < 1.29 is 71.3 Å². The number of ether oxygens (including phenoxy) is 13. The standard InChI is InChI=1S/C35H62N2O16/c1-35(2,3)53-34(38)36-8-9-41-10-11-42-12-13-43-14-15-44-16-17-45-18-19-46-20-21-47-22-23-48-24-25-49-26-27-50-28-29-51-30-31-52-33-6-4-32(5-7-33)37(39)40/h4-7H,8-31H2,1-3H3,(H,36,38). The Morgan fingerprint density at radius 3 is 1.08 bits per heavy atom. The third kappa shape index (κ3) is 34.8. The summed E-state index contributed by atoms with van der Waals surface area (Å²) in [5, 5.41) is 13.3. The molecule has 0 spiro atoms. The molecular formula is C35H62N2O16. The molecule has 0 radical (unpaired) electrons. The van der Waals surface area contributed by atoms with E-state index in [1.54, 1.807) is 12.1 Å². The lowest BCUT2D eigenvalue weighted by atomic mass is 10.2. The Hall–Kier alpha value is -2.75. The molecule has 0 fully saturated rings. The lowest BCUT2D eigenvalue weighted by Gasteiger charge is -2.19. The zero-order chi connectivity index (χ0) is 38.5. The summed E-state index contributed by atoms with van der Waals surface area (Å²) in [4.78, 5) is 21.7. The number of hydrogen-bond acceptors (Lipinski definition) is 16. The maximum absolute atomic E-state index is 11.5. The lowest BCUT2D eigenvalue weighted by Crippen LogP contribution is -2.34. The summed E-state index contributed by atoms with van der Waals surface area (Å²) in [6.07, 6.45) is -0.459. The van der Waals surface area contributed by atoms with Crippen molar-refractivity contribution in [3.8, 4) is 5.75 Å². The van der Waals surface area contributed by atoms with Crippen LogP contribution in [0.15, 0.2) is 24.3 Å². The number of alkyl carbamates (subject to hydrolysis) is 1. The Balaban J connectivity index is 1.65. The monoisotopic (exact) mass is 766 g/mol. The van der Waals surface area contributed by atoms with Gasteiger partial charge in [0.15, 0.2) is 0 Å². The van der Waals surface area contributed by atoms with Crippen molar-refractivity contribution in [3.05, 3.63) is 34.4 Å². The lowest BCUT2D eigenvalue weighted by molar-refractivity contribution is -0.384. The van der Waals surface area contributed by atoms with Gasteiger partial charge in [0.05, 0.1) is 150 Å². The molecule has 1 amide bonds. The quantitative estimate of drug-likeness (QED) is 0.0586. The minimum Gasteiger partial charge on any atom is -0.491 e. The van der Waals surface area contributed by atoms with Crippen LogP contribution in [0.3, 0.4) is 0 Å². The topological polar surface area (TPSA) is 192 Å². The van der Waals surface area contributed by atoms with E-state index in [9.17, 15) is 14.9 Å². The van der Waals surface area contributed by atoms with Gasteiger partial charge in [-0.15, -0.1) is 0 Å². The second kappa shape index (κ2) is 35.0. The number of hydrogen-bond donors (Lipinski definition) is 1. The fourth-order valence-corrected chi connectivity index (χ4v) is 3.72. The predicted octanol–water partition coefficient (Wildman–Crippen LogP) is 2.68. The van der Waals surface area contributed by atoms with Crippen molar-refractivity contribution >= 4 is 11.8 Å². The summed E-state index contributed by atoms with van der Waals surface area (Å²) in [6.45, 7) is 16.2. The molecule has 18 heteroatoms. The summed E-state index contributed by atoms with van der Waals surface area (Å²) < 4.78 is 70.6. The van der Waals surface area contributed by atoms with Gasteiger partial charge in [0.25, 0.3) is 5.69 Å². The molecule has 1 aromatic carbocycles. The van der Waals surface area contributed by atoms with Crippen LogP contribution in [0.1, 0.15) is 20.8 Å². The molecule has 0 atom stereocenters. The van der Waals surface area contributed by atoms with Gasteiger partial charge >= 0.3 is 6.09 Å². The van der Waals surface area contributed by atoms with Crippen LogP contribution in [0.2, 0.25) is 0 Å². The first-order chi connectivity index (χ1) is 25.8. The van der Waals surface area contributed by atoms with Crippen LogP contribution >= 0.6 is 0 Å². The molecule has 1 rings (SSSR count). The molecule has 0 bridgehead atoms. The maximum atomic E-state index is 11.5. The summed E-state index contributed by atoms with van der Waals surface area (Å²) in [7, 11) is 0. The van der Waals surface area contributed by atoms with E-state index < -0.39 is 16.6 Å². The van der Waals surface area contributed by atoms with Crippen molar-refractivity contribution in [2.24, 2.45) is 0 Å². The van der Waals surface area contributed by atoms with Gasteiger partial charge in [0, 0.05) is 18.7 Å². The van der Waals surface area contributed by atoms with Crippen LogP contribution < -0.4 is 10.1 Å². The third-order valence-electron chi connectivity index (χ3n) is 6.18. The summed E-state index contributed by atoms with van der Waals surface area (Å²) >= 11 is 0. The van der Waals surface area contributed by atoms with E-state index in [4.69, 9.17) is 61.6 Å². The normalized spacial score (nSPS) is 11.5. The molecule has 0 unspecified atom stereocenters. The largest absolute Gasteiger partial charge is 0.491 e. The molecule has 1 N–H and O–H groups in total. The Morgan fingerprint density at radius 1 is 0.509 bits per heavy atom. The first kappa shape index (κ1) is 48.3. The number of carbonyl (C=O) groups is 1. The molecule has 0 aromatic heterocycles. The van der Waals surface area contributed by atoms with E-state index in [2.05, 4.69) is 5.32 Å². The Morgan fingerprint density at radius 2 is 0.792 bits per heavy atom. The SMILES string of the molecule is CC(C)(C)OC(=O)NCCOCCOCCOCCOCCOCCOCCOCCOCCOCCOCCOCCOc1ccc([N+](=O)[O-])cc1. The number of amides is 1. The van der Waals surface area contributed by atoms with Crippen molar-refractivity contribution in [1.29, 1.82) is 0 Å². The number of benzene rings is 1. The van der Waals surface area contributed by atoms with Crippen LogP contribution in [0.5, 0.6) is 5.75 Å². The zero-order valence-corrected chi connectivity index (χ0v) is 31.8. The zero-order valence-electron chi connectivity index (χ0n) is 31.8. The van der Waals surface area contributed by atoms with E-state index in [1.165, 1.54) is 12.1 Å². The Kier molecular flexibility index (Phi) is 31.9. The maximum Gasteiger partial charge on any atom is 0.407 e. The molecule has 0 aliphatic rings. The fourth-order valence-electron chi connectivity index (χ4n) is 3.72. The van der Waals surface area contributed by atoms with Crippen LogP contribution in [0.25, 0.3) is 0 Å². The molecule has 1 aromatic rings. The fraction of sp³-hybridized carbons (Fsp3) is 0.800. The number of non-ortho nitro benzene ring substituents is 1. The van der Waals surface area contributed by atoms with Crippen LogP contribution in [0.4, 0.5) is 10.5 Å². The highest BCUT2D eigenvalue weighted by atomic mass is 16.6. The second-order valence-electron chi connectivity index (χ2n) is 11.8. The van der Waals surface area contributed by atoms with E-state index in [1.807, 2.05) is 20.8 Å². The van der Waals surface area contributed by atoms with E-state index in [-0.39, 0.29) is 5.69 Å². The highest BCUT2D eigenvalue weighted by Crippen LogP contribution is 2.17. The molecular weight excluding hydrogens is 704 g/mol. The van der Waals surface area contributed by atoms with Gasteiger partial charge in [0.2, 0.25) is 0 Å². The number of nitro groups is 1. The molecule has 18 nitrogen and oxygen atoms in total. The van der Waals surface area contributed by atoms with E-state index in [0.717, 1.165) is 0 Å². The highest BCUT2D eigenvalue weighted by molar-refractivity contribution is 5.67. The van der Waals surface area contributed by atoms with Crippen molar-refractivity contribution in [2.75, 3.05) is 159 Å². The minimum absolute atomic E-state index is 0.0215.